The summed E-state index contributed by atoms with van der Waals surface area (Å²) in [6.45, 7) is 4.91. The number of nitrogens with zero attached hydrogens (tertiary/aromatic N) is 4. The number of likely N-dealkylation sites (N-methyl/N-ethyl adjacent to an activating group) is 1. The molecule has 1 aromatic heterocycles. The topological polar surface area (TPSA) is 91.8 Å². The molecule has 0 spiro atoms. The second-order valence-corrected chi connectivity index (χ2v) is 9.88. The quantitative estimate of drug-likeness (QED) is 0.442. The summed E-state index contributed by atoms with van der Waals surface area (Å²) < 4.78 is 52.6. The van der Waals surface area contributed by atoms with Crippen LogP contribution in [0.3, 0.4) is 0 Å². The van der Waals surface area contributed by atoms with Crippen molar-refractivity contribution in [3.8, 4) is 17.4 Å². The van der Waals surface area contributed by atoms with Crippen LogP contribution in [0.15, 0.2) is 42.7 Å². The molecule has 3 heterocycles. The first-order chi connectivity index (χ1) is 18.6. The summed E-state index contributed by atoms with van der Waals surface area (Å²) in [4.78, 5) is 25.4. The Morgan fingerprint density at radius 2 is 1.92 bits per heavy atom. The average molecular weight is 563 g/mol. The lowest BCUT2D eigenvalue weighted by molar-refractivity contribution is -0.137. The first kappa shape index (κ1) is 26.8. The minimum absolute atomic E-state index is 0.0274. The third-order valence-electron chi connectivity index (χ3n) is 6.40. The highest BCUT2D eigenvalue weighted by atomic mass is 35.5. The van der Waals surface area contributed by atoms with Crippen LogP contribution in [0.5, 0.6) is 17.4 Å². The fourth-order valence-corrected chi connectivity index (χ4v) is 4.43. The molecule has 13 heteroatoms. The zero-order valence-corrected chi connectivity index (χ0v) is 21.9. The Balaban J connectivity index is 1.39. The van der Waals surface area contributed by atoms with E-state index in [9.17, 15) is 18.0 Å². The van der Waals surface area contributed by atoms with Crippen LogP contribution >= 0.6 is 11.6 Å². The Labute approximate surface area is 227 Å². The molecule has 0 radical (unpaired) electrons. The number of carbonyl (C=O) groups is 1. The zero-order chi connectivity index (χ0) is 27.7. The van der Waals surface area contributed by atoms with Gasteiger partial charge in [-0.1, -0.05) is 11.6 Å². The molecule has 2 N–H and O–H groups in total. The predicted octanol–water partition coefficient (Wildman–Crippen LogP) is 5.14. The summed E-state index contributed by atoms with van der Waals surface area (Å²) in [5.74, 6) is 0.367. The summed E-state index contributed by atoms with van der Waals surface area (Å²) in [6.07, 6.45) is -3.27. The molecule has 1 saturated heterocycles. The van der Waals surface area contributed by atoms with Crippen LogP contribution in [0.25, 0.3) is 0 Å². The van der Waals surface area contributed by atoms with Crippen molar-refractivity contribution in [1.29, 1.82) is 0 Å². The first-order valence-corrected chi connectivity index (χ1v) is 12.6. The number of carbonyl (C=O) groups excluding carboxylic acids is 1. The third-order valence-corrected chi connectivity index (χ3v) is 6.72. The van der Waals surface area contributed by atoms with Crippen LogP contribution < -0.4 is 25.0 Å². The number of amides is 1. The maximum absolute atomic E-state index is 13.7. The van der Waals surface area contributed by atoms with Gasteiger partial charge in [0.05, 0.1) is 16.6 Å². The Bertz CT molecular complexity index is 1380. The molecule has 1 unspecified atom stereocenters. The van der Waals surface area contributed by atoms with Gasteiger partial charge < -0.3 is 29.9 Å². The van der Waals surface area contributed by atoms with Crippen molar-refractivity contribution in [3.63, 3.8) is 0 Å². The van der Waals surface area contributed by atoms with E-state index in [0.29, 0.717) is 37.0 Å². The fourth-order valence-electron chi connectivity index (χ4n) is 4.27. The van der Waals surface area contributed by atoms with Crippen molar-refractivity contribution in [3.05, 3.63) is 58.9 Å². The number of nitrogens with one attached hydrogen (secondary N) is 2. The van der Waals surface area contributed by atoms with Crippen molar-refractivity contribution in [1.82, 2.24) is 14.9 Å². The number of benzene rings is 2. The lowest BCUT2D eigenvalue weighted by Gasteiger charge is -2.34. The van der Waals surface area contributed by atoms with Crippen molar-refractivity contribution in [2.75, 3.05) is 55.4 Å². The summed E-state index contributed by atoms with van der Waals surface area (Å²) in [5, 5.41) is 5.95. The van der Waals surface area contributed by atoms with Crippen LogP contribution in [0.2, 0.25) is 5.02 Å². The van der Waals surface area contributed by atoms with Crippen molar-refractivity contribution >= 4 is 34.7 Å². The Kier molecular flexibility index (Phi) is 7.41. The number of halogens is 4. The first-order valence-electron chi connectivity index (χ1n) is 12.3. The molecule has 5 rings (SSSR count). The van der Waals surface area contributed by atoms with E-state index in [-0.39, 0.29) is 33.9 Å². The maximum Gasteiger partial charge on any atom is 0.416 e. The maximum atomic E-state index is 13.7. The molecule has 1 fully saturated rings. The minimum Gasteiger partial charge on any atom is -0.483 e. The molecule has 2 aromatic carbocycles. The number of hydrogen-bond donors (Lipinski definition) is 2. The number of fused-ring (bicyclic) bond motifs is 1. The molecule has 0 aliphatic carbocycles. The van der Waals surface area contributed by atoms with Crippen LogP contribution in [0.4, 0.5) is 30.4 Å². The van der Waals surface area contributed by atoms with E-state index in [1.54, 1.807) is 6.07 Å². The molecule has 0 saturated carbocycles. The second kappa shape index (κ2) is 10.8. The van der Waals surface area contributed by atoms with Gasteiger partial charge in [0, 0.05) is 43.1 Å². The molecule has 2 aliphatic heterocycles. The highest BCUT2D eigenvalue weighted by molar-refractivity contribution is 6.32. The number of alkyl halides is 3. The lowest BCUT2D eigenvalue weighted by atomic mass is 10.1. The van der Waals surface area contributed by atoms with E-state index >= 15 is 0 Å². The van der Waals surface area contributed by atoms with E-state index in [4.69, 9.17) is 21.1 Å². The monoisotopic (exact) mass is 562 g/mol. The third kappa shape index (κ3) is 6.12. The predicted molar refractivity (Wildman–Crippen MR) is 141 cm³/mol. The Hall–Kier alpha value is -3.77. The number of ether oxygens (including phenoxy) is 2. The van der Waals surface area contributed by atoms with Gasteiger partial charge in [0.2, 0.25) is 5.75 Å². The van der Waals surface area contributed by atoms with Gasteiger partial charge in [0.25, 0.3) is 11.8 Å². The Morgan fingerprint density at radius 3 is 2.67 bits per heavy atom. The van der Waals surface area contributed by atoms with Crippen LogP contribution in [-0.4, -0.2) is 66.7 Å². The van der Waals surface area contributed by atoms with E-state index < -0.39 is 17.6 Å². The number of rotatable bonds is 5. The SMILES string of the molecule is CC1COc2c(ncnc2Oc2cc(C(=O)Nc3cc(N4CCN(C)CC4)cc(C(F)(F)F)c3)ccc2Cl)N1. The van der Waals surface area contributed by atoms with Gasteiger partial charge in [0.1, 0.15) is 18.7 Å². The Morgan fingerprint density at radius 1 is 1.15 bits per heavy atom. The van der Waals surface area contributed by atoms with Gasteiger partial charge in [-0.3, -0.25) is 4.79 Å². The van der Waals surface area contributed by atoms with Crippen molar-refractivity contribution < 1.29 is 27.4 Å². The van der Waals surface area contributed by atoms with Crippen molar-refractivity contribution in [2.45, 2.75) is 19.1 Å². The summed E-state index contributed by atoms with van der Waals surface area (Å²) in [5.41, 5.74) is -0.293. The van der Waals surface area contributed by atoms with E-state index in [2.05, 4.69) is 25.5 Å². The van der Waals surface area contributed by atoms with Crippen LogP contribution in [-0.2, 0) is 6.18 Å². The lowest BCUT2D eigenvalue weighted by Crippen LogP contribution is -2.44. The van der Waals surface area contributed by atoms with Crippen molar-refractivity contribution in [2.24, 2.45) is 0 Å². The molecule has 206 valence electrons. The molecule has 0 bridgehead atoms. The minimum atomic E-state index is -4.57. The van der Waals surface area contributed by atoms with E-state index in [1.807, 2.05) is 18.9 Å². The highest BCUT2D eigenvalue weighted by Gasteiger charge is 2.32. The molecular formula is C26H26ClF3N6O3. The molecule has 1 amide bonds. The fraction of sp³-hybridized carbons (Fsp3) is 0.346. The molecular weight excluding hydrogens is 537 g/mol. The van der Waals surface area contributed by atoms with Crippen LogP contribution in [0.1, 0.15) is 22.8 Å². The van der Waals surface area contributed by atoms with E-state index in [0.717, 1.165) is 25.2 Å². The van der Waals surface area contributed by atoms with Gasteiger partial charge in [-0.05, 0) is 50.4 Å². The van der Waals surface area contributed by atoms with Gasteiger partial charge in [-0.2, -0.15) is 18.2 Å². The molecule has 39 heavy (non-hydrogen) atoms. The molecule has 1 atom stereocenters. The van der Waals surface area contributed by atoms with Gasteiger partial charge in [-0.25, -0.2) is 4.98 Å². The number of anilines is 3. The highest BCUT2D eigenvalue weighted by Crippen LogP contribution is 2.39. The molecule has 9 nitrogen and oxygen atoms in total. The summed E-state index contributed by atoms with van der Waals surface area (Å²) in [6, 6.07) is 7.92. The largest absolute Gasteiger partial charge is 0.483 e. The number of aromatic nitrogens is 2. The van der Waals surface area contributed by atoms with Gasteiger partial charge in [0.15, 0.2) is 5.82 Å². The number of piperazine rings is 1. The van der Waals surface area contributed by atoms with E-state index in [1.165, 1.54) is 24.5 Å². The smallest absolute Gasteiger partial charge is 0.416 e. The molecule has 3 aromatic rings. The normalized spacial score (nSPS) is 17.6. The average Bonchev–Trinajstić information content (AvgIpc) is 2.89. The standard InChI is InChI=1S/C26H26ClF3N6O3/c1-15-13-38-22-23(33-15)31-14-32-25(22)39-21-9-16(3-4-20(21)27)24(37)34-18-10-17(26(28,29)30)11-19(12-18)36-7-5-35(2)6-8-36/h3-4,9-12,14-15H,5-8,13H2,1-2H3,(H,34,37)(H,31,32,33). The second-order valence-electron chi connectivity index (χ2n) is 9.47. The zero-order valence-electron chi connectivity index (χ0n) is 21.2. The molecule has 2 aliphatic rings. The van der Waals surface area contributed by atoms with Gasteiger partial charge >= 0.3 is 6.18 Å². The summed E-state index contributed by atoms with van der Waals surface area (Å²) in [7, 11) is 1.96. The van der Waals surface area contributed by atoms with Crippen LogP contribution in [0, 0.1) is 0 Å². The number of hydrogen-bond acceptors (Lipinski definition) is 8. The van der Waals surface area contributed by atoms with Gasteiger partial charge in [-0.15, -0.1) is 0 Å². The summed E-state index contributed by atoms with van der Waals surface area (Å²) >= 11 is 6.31.